The molecule has 4 amide bonds. The van der Waals surface area contributed by atoms with Crippen molar-refractivity contribution in [1.29, 1.82) is 0 Å². The molecule has 0 bridgehead atoms. The van der Waals surface area contributed by atoms with Gasteiger partial charge in [-0.05, 0) is 84.5 Å². The molecule has 3 fully saturated rings. The molecule has 2 heterocycles. The fraction of sp³-hybridized carbons (Fsp3) is 0.250. The lowest BCUT2D eigenvalue weighted by Gasteiger charge is -2.50. The summed E-state index contributed by atoms with van der Waals surface area (Å²) in [7, 11) is 0. The van der Waals surface area contributed by atoms with Crippen molar-refractivity contribution in [1.82, 2.24) is 0 Å². The van der Waals surface area contributed by atoms with Gasteiger partial charge in [-0.2, -0.15) is 0 Å². The van der Waals surface area contributed by atoms with Crippen LogP contribution in [0, 0.1) is 23.7 Å². The van der Waals surface area contributed by atoms with E-state index in [1.807, 2.05) is 48.5 Å². The predicted molar refractivity (Wildman–Crippen MR) is 189 cm³/mol. The van der Waals surface area contributed by atoms with E-state index in [0.717, 1.165) is 11.1 Å². The minimum atomic E-state index is -1.37. The van der Waals surface area contributed by atoms with Crippen molar-refractivity contribution >= 4 is 58.2 Å². The highest BCUT2D eigenvalue weighted by Gasteiger charge is 2.70. The third-order valence-corrected chi connectivity index (χ3v) is 11.3. The number of hydrogen-bond donors (Lipinski definition) is 1. The van der Waals surface area contributed by atoms with Crippen LogP contribution in [0.2, 0.25) is 10.0 Å². The van der Waals surface area contributed by atoms with E-state index in [9.17, 15) is 19.5 Å². The molecule has 1 N–H and O–H groups in total. The Morgan fingerprint density at radius 3 is 2.18 bits per heavy atom. The Morgan fingerprint density at radius 2 is 1.48 bits per heavy atom. The van der Waals surface area contributed by atoms with E-state index in [0.29, 0.717) is 39.2 Å². The number of carbonyl (C=O) groups excluding carboxylic acids is 4. The van der Waals surface area contributed by atoms with Crippen LogP contribution < -0.4 is 14.5 Å². The van der Waals surface area contributed by atoms with E-state index in [4.69, 9.17) is 27.9 Å². The third-order valence-electron chi connectivity index (χ3n) is 10.8. The van der Waals surface area contributed by atoms with Gasteiger partial charge in [0, 0.05) is 16.0 Å². The van der Waals surface area contributed by atoms with Crippen LogP contribution in [0.4, 0.5) is 11.4 Å². The summed E-state index contributed by atoms with van der Waals surface area (Å²) in [4.78, 5) is 61.0. The summed E-state index contributed by atoms with van der Waals surface area (Å²) in [5.74, 6) is -4.14. The molecule has 2 aliphatic heterocycles. The number of nitrogens with zero attached hydrogens (tertiary/aromatic N) is 2. The number of anilines is 2. The number of benzene rings is 4. The molecule has 0 spiro atoms. The molecule has 2 saturated heterocycles. The molecule has 50 heavy (non-hydrogen) atoms. The van der Waals surface area contributed by atoms with E-state index in [1.54, 1.807) is 60.7 Å². The molecule has 0 radical (unpaired) electrons. The summed E-state index contributed by atoms with van der Waals surface area (Å²) < 4.78 is 5.67. The van der Waals surface area contributed by atoms with Gasteiger partial charge in [0.2, 0.25) is 23.6 Å². The fourth-order valence-electron chi connectivity index (χ4n) is 8.88. The summed E-state index contributed by atoms with van der Waals surface area (Å²) in [5, 5.41) is 10.2. The first kappa shape index (κ1) is 32.4. The average Bonchev–Trinajstić information content (AvgIpc) is 3.52. The maximum Gasteiger partial charge on any atom is 0.246 e. The predicted octanol–water partition coefficient (Wildman–Crippen LogP) is 6.73. The Kier molecular flexibility index (Phi) is 8.13. The van der Waals surface area contributed by atoms with Gasteiger partial charge in [0.1, 0.15) is 12.4 Å². The number of allylic oxidation sites excluding steroid dienone is 2. The normalized spacial score (nSPS) is 27.2. The van der Waals surface area contributed by atoms with Crippen LogP contribution >= 0.6 is 23.2 Å². The maximum absolute atomic E-state index is 15.3. The zero-order valence-electron chi connectivity index (χ0n) is 26.7. The smallest absolute Gasteiger partial charge is 0.246 e. The van der Waals surface area contributed by atoms with Crippen LogP contribution in [0.1, 0.15) is 29.9 Å². The molecule has 4 aromatic carbocycles. The Labute approximate surface area is 298 Å². The van der Waals surface area contributed by atoms with E-state index in [-0.39, 0.29) is 43.3 Å². The molecule has 4 aliphatic rings. The van der Waals surface area contributed by atoms with Crippen molar-refractivity contribution in [2.45, 2.75) is 24.2 Å². The standard InChI is InChI=1S/C40H32Cl2N2O6/c41-25-11-13-27(14-12-25)43-36(46)31-18-17-30-32(34(31)38(43)48)22-33-37(47)44(28-8-4-7-26(42)21-28)39(49)40(33,24-5-2-1-3-6-24)35(30)23-9-15-29(16-10-23)50-20-19-45/h1-17,21,31-35,45H,18-20,22H2/t31-,32+,33-,34-,35-,40+/m0/s1. The molecule has 0 unspecified atom stereocenters. The van der Waals surface area contributed by atoms with E-state index >= 15 is 4.79 Å². The number of halogens is 2. The van der Waals surface area contributed by atoms with Gasteiger partial charge in [0.15, 0.2) is 0 Å². The van der Waals surface area contributed by atoms with Crippen LogP contribution in [-0.4, -0.2) is 41.9 Å². The maximum atomic E-state index is 15.3. The van der Waals surface area contributed by atoms with Crippen molar-refractivity contribution in [3.05, 3.63) is 136 Å². The average molecular weight is 708 g/mol. The molecule has 10 heteroatoms. The quantitative estimate of drug-likeness (QED) is 0.169. The summed E-state index contributed by atoms with van der Waals surface area (Å²) in [6.07, 6.45) is 2.55. The topological polar surface area (TPSA) is 104 Å². The first-order chi connectivity index (χ1) is 24.2. The van der Waals surface area contributed by atoms with Gasteiger partial charge in [-0.25, -0.2) is 4.90 Å². The number of carbonyl (C=O) groups is 4. The second kappa shape index (κ2) is 12.5. The Balaban J connectivity index is 1.32. The Morgan fingerprint density at radius 1 is 0.740 bits per heavy atom. The van der Waals surface area contributed by atoms with Crippen molar-refractivity contribution < 1.29 is 29.0 Å². The number of imide groups is 2. The van der Waals surface area contributed by atoms with E-state index in [2.05, 4.69) is 0 Å². The number of rotatable bonds is 7. The molecule has 0 aromatic heterocycles. The number of amides is 4. The van der Waals surface area contributed by atoms with Gasteiger partial charge >= 0.3 is 0 Å². The van der Waals surface area contributed by atoms with Crippen LogP contribution in [0.25, 0.3) is 0 Å². The van der Waals surface area contributed by atoms with Crippen molar-refractivity contribution in [2.24, 2.45) is 23.7 Å². The molecule has 1 saturated carbocycles. The van der Waals surface area contributed by atoms with Gasteiger partial charge < -0.3 is 9.84 Å². The second-order valence-electron chi connectivity index (χ2n) is 13.2. The Bertz CT molecular complexity index is 2050. The summed E-state index contributed by atoms with van der Waals surface area (Å²) >= 11 is 12.5. The highest BCUT2D eigenvalue weighted by Crippen LogP contribution is 2.64. The first-order valence-electron chi connectivity index (χ1n) is 16.6. The number of fused-ring (bicyclic) bond motifs is 4. The summed E-state index contributed by atoms with van der Waals surface area (Å²) in [6.45, 7) is -0.0209. The molecule has 2 aliphatic carbocycles. The first-order valence-corrected chi connectivity index (χ1v) is 17.4. The minimum Gasteiger partial charge on any atom is -0.491 e. The molecule has 6 atom stereocenters. The van der Waals surface area contributed by atoms with Crippen LogP contribution in [0.5, 0.6) is 5.75 Å². The fourth-order valence-corrected chi connectivity index (χ4v) is 9.19. The molecular weight excluding hydrogens is 675 g/mol. The van der Waals surface area contributed by atoms with Gasteiger partial charge in [-0.1, -0.05) is 83.4 Å². The molecule has 8 rings (SSSR count). The highest BCUT2D eigenvalue weighted by atomic mass is 35.5. The van der Waals surface area contributed by atoms with E-state index in [1.165, 1.54) is 9.80 Å². The number of hydrogen-bond acceptors (Lipinski definition) is 6. The third kappa shape index (κ3) is 4.84. The molecule has 8 nitrogen and oxygen atoms in total. The van der Waals surface area contributed by atoms with Gasteiger partial charge in [0.25, 0.3) is 0 Å². The lowest BCUT2D eigenvalue weighted by Crippen LogP contribution is -2.53. The SMILES string of the molecule is O=C1[C@H]2[C@H](CC=C3[C@H]2C[C@H]2C(=O)N(c4cccc(Cl)c4)C(=O)[C@@]2(c2ccccc2)[C@H]3c2ccc(OCCO)cc2)C(=O)N1c1ccc(Cl)cc1. The van der Waals surface area contributed by atoms with E-state index < -0.39 is 35.0 Å². The largest absolute Gasteiger partial charge is 0.491 e. The Hall–Kier alpha value is -4.76. The minimum absolute atomic E-state index is 0.122. The van der Waals surface area contributed by atoms with Crippen molar-refractivity contribution in [2.75, 3.05) is 23.0 Å². The van der Waals surface area contributed by atoms with Crippen LogP contribution in [-0.2, 0) is 24.6 Å². The molecule has 4 aromatic rings. The number of ether oxygens (including phenoxy) is 1. The van der Waals surface area contributed by atoms with Crippen molar-refractivity contribution in [3.63, 3.8) is 0 Å². The summed E-state index contributed by atoms with van der Waals surface area (Å²) in [5.41, 5.74) is 1.78. The molecule has 252 valence electrons. The van der Waals surface area contributed by atoms with Gasteiger partial charge in [-0.15, -0.1) is 0 Å². The van der Waals surface area contributed by atoms with Crippen molar-refractivity contribution in [3.8, 4) is 5.75 Å². The monoisotopic (exact) mass is 706 g/mol. The van der Waals surface area contributed by atoms with Gasteiger partial charge in [0.05, 0.1) is 41.2 Å². The summed E-state index contributed by atoms with van der Waals surface area (Å²) in [6, 6.07) is 30.1. The van der Waals surface area contributed by atoms with Crippen LogP contribution in [0.15, 0.2) is 115 Å². The number of aliphatic hydroxyl groups is 1. The number of aliphatic hydroxyl groups excluding tert-OH is 1. The van der Waals surface area contributed by atoms with Gasteiger partial charge in [-0.3, -0.25) is 24.1 Å². The second-order valence-corrected chi connectivity index (χ2v) is 14.1. The molecular formula is C40H32Cl2N2O6. The highest BCUT2D eigenvalue weighted by molar-refractivity contribution is 6.32. The zero-order chi connectivity index (χ0) is 34.7. The zero-order valence-corrected chi connectivity index (χ0v) is 28.3. The van der Waals surface area contributed by atoms with Crippen LogP contribution in [0.3, 0.4) is 0 Å². The lowest BCUT2D eigenvalue weighted by molar-refractivity contribution is -0.127. The lowest BCUT2D eigenvalue weighted by atomic mass is 9.49.